The van der Waals surface area contributed by atoms with Gasteiger partial charge in [0.2, 0.25) is 0 Å². The second-order valence-electron chi connectivity index (χ2n) is 4.64. The molecule has 0 radical (unpaired) electrons. The van der Waals surface area contributed by atoms with Crippen molar-refractivity contribution in [1.29, 1.82) is 0 Å². The monoisotopic (exact) mass is 195 g/mol. The van der Waals surface area contributed by atoms with Crippen molar-refractivity contribution in [2.24, 2.45) is 5.41 Å². The van der Waals surface area contributed by atoms with Crippen LogP contribution in [0.15, 0.2) is 22.8 Å². The average Bonchev–Trinajstić information content (AvgIpc) is 2.67. The van der Waals surface area contributed by atoms with Crippen LogP contribution in [0.4, 0.5) is 0 Å². The summed E-state index contributed by atoms with van der Waals surface area (Å²) in [5, 5.41) is 3.48. The lowest BCUT2D eigenvalue weighted by Gasteiger charge is -2.25. The molecule has 14 heavy (non-hydrogen) atoms. The molecule has 0 spiro atoms. The zero-order valence-electron chi connectivity index (χ0n) is 9.63. The number of rotatable bonds is 5. The van der Waals surface area contributed by atoms with Gasteiger partial charge in [-0.25, -0.2) is 0 Å². The van der Waals surface area contributed by atoms with Crippen LogP contribution in [0.5, 0.6) is 0 Å². The minimum Gasteiger partial charge on any atom is -0.468 e. The van der Waals surface area contributed by atoms with Crippen molar-refractivity contribution in [3.05, 3.63) is 24.2 Å². The first kappa shape index (κ1) is 11.3. The van der Waals surface area contributed by atoms with Crippen molar-refractivity contribution in [2.75, 3.05) is 6.54 Å². The summed E-state index contributed by atoms with van der Waals surface area (Å²) in [4.78, 5) is 0. The van der Waals surface area contributed by atoms with E-state index in [-0.39, 0.29) is 0 Å². The van der Waals surface area contributed by atoms with Gasteiger partial charge in [0, 0.05) is 6.54 Å². The predicted molar refractivity (Wildman–Crippen MR) is 59.2 cm³/mol. The average molecular weight is 195 g/mol. The maximum Gasteiger partial charge on any atom is 0.120 e. The lowest BCUT2D eigenvalue weighted by atomic mass is 9.90. The van der Waals surface area contributed by atoms with Gasteiger partial charge in [0.1, 0.15) is 5.76 Å². The Hall–Kier alpha value is -0.760. The summed E-state index contributed by atoms with van der Waals surface area (Å²) in [7, 11) is 0. The topological polar surface area (TPSA) is 25.2 Å². The highest BCUT2D eigenvalue weighted by atomic mass is 16.3. The van der Waals surface area contributed by atoms with E-state index in [1.54, 1.807) is 6.26 Å². The fraction of sp³-hybridized carbons (Fsp3) is 0.667. The highest BCUT2D eigenvalue weighted by molar-refractivity contribution is 5.03. The largest absolute Gasteiger partial charge is 0.468 e. The molecule has 1 N–H and O–H groups in total. The van der Waals surface area contributed by atoms with E-state index in [0.717, 1.165) is 12.3 Å². The maximum atomic E-state index is 5.33. The lowest BCUT2D eigenvalue weighted by Crippen LogP contribution is -2.30. The van der Waals surface area contributed by atoms with Crippen LogP contribution in [0.1, 0.15) is 45.9 Å². The van der Waals surface area contributed by atoms with Crippen LogP contribution in [0, 0.1) is 5.41 Å². The molecule has 0 amide bonds. The lowest BCUT2D eigenvalue weighted by molar-refractivity contribution is 0.302. The van der Waals surface area contributed by atoms with Gasteiger partial charge in [-0.1, -0.05) is 20.8 Å². The summed E-state index contributed by atoms with van der Waals surface area (Å²) < 4.78 is 5.33. The Labute approximate surface area is 86.7 Å². The van der Waals surface area contributed by atoms with E-state index in [2.05, 4.69) is 33.0 Å². The van der Waals surface area contributed by atoms with Crippen molar-refractivity contribution in [2.45, 2.75) is 40.2 Å². The van der Waals surface area contributed by atoms with Crippen molar-refractivity contribution < 1.29 is 4.42 Å². The quantitative estimate of drug-likeness (QED) is 0.779. The van der Waals surface area contributed by atoms with E-state index in [1.807, 2.05) is 12.1 Å². The molecule has 2 nitrogen and oxygen atoms in total. The molecule has 1 heterocycles. The molecule has 0 aliphatic heterocycles. The first-order valence-corrected chi connectivity index (χ1v) is 5.32. The van der Waals surface area contributed by atoms with E-state index in [9.17, 15) is 0 Å². The van der Waals surface area contributed by atoms with Crippen molar-refractivity contribution in [3.63, 3.8) is 0 Å². The first-order valence-electron chi connectivity index (χ1n) is 5.32. The van der Waals surface area contributed by atoms with E-state index < -0.39 is 0 Å². The van der Waals surface area contributed by atoms with Gasteiger partial charge < -0.3 is 9.73 Å². The molecular formula is C12H21NO. The van der Waals surface area contributed by atoms with Gasteiger partial charge in [0.05, 0.1) is 12.3 Å². The van der Waals surface area contributed by atoms with Crippen LogP contribution in [0.2, 0.25) is 0 Å². The molecule has 1 atom stereocenters. The van der Waals surface area contributed by atoms with Crippen LogP contribution >= 0.6 is 0 Å². The zero-order chi connectivity index (χ0) is 10.6. The third kappa shape index (κ3) is 3.18. The van der Waals surface area contributed by atoms with Gasteiger partial charge in [-0.15, -0.1) is 0 Å². The smallest absolute Gasteiger partial charge is 0.120 e. The highest BCUT2D eigenvalue weighted by Gasteiger charge is 2.17. The molecule has 0 saturated carbocycles. The molecule has 2 heteroatoms. The van der Waals surface area contributed by atoms with Gasteiger partial charge >= 0.3 is 0 Å². The predicted octanol–water partition coefficient (Wildman–Crippen LogP) is 3.37. The molecule has 0 bridgehead atoms. The Kier molecular flexibility index (Phi) is 3.76. The van der Waals surface area contributed by atoms with Gasteiger partial charge in [-0.05, 0) is 30.9 Å². The number of hydrogen-bond donors (Lipinski definition) is 1. The Balaban J connectivity index is 2.39. The SMILES string of the molecule is CCC(C)(C)CNC(C)c1ccco1. The van der Waals surface area contributed by atoms with E-state index in [1.165, 1.54) is 6.42 Å². The second kappa shape index (κ2) is 4.65. The van der Waals surface area contributed by atoms with Crippen LogP contribution in [0.25, 0.3) is 0 Å². The fourth-order valence-electron chi connectivity index (χ4n) is 1.19. The molecule has 1 unspecified atom stereocenters. The molecule has 0 fully saturated rings. The van der Waals surface area contributed by atoms with Gasteiger partial charge in [0.15, 0.2) is 0 Å². The summed E-state index contributed by atoms with van der Waals surface area (Å²) in [6.07, 6.45) is 2.91. The minimum absolute atomic E-state index is 0.302. The van der Waals surface area contributed by atoms with Crippen LogP contribution < -0.4 is 5.32 Å². The second-order valence-corrected chi connectivity index (χ2v) is 4.64. The molecule has 0 saturated heterocycles. The molecule has 0 aliphatic carbocycles. The highest BCUT2D eigenvalue weighted by Crippen LogP contribution is 2.20. The van der Waals surface area contributed by atoms with Crippen LogP contribution in [-0.2, 0) is 0 Å². The molecule has 1 aromatic heterocycles. The third-order valence-electron chi connectivity index (χ3n) is 2.81. The Morgan fingerprint density at radius 2 is 2.21 bits per heavy atom. The Morgan fingerprint density at radius 3 is 2.71 bits per heavy atom. The molecular weight excluding hydrogens is 174 g/mol. The van der Waals surface area contributed by atoms with E-state index in [0.29, 0.717) is 11.5 Å². The Morgan fingerprint density at radius 1 is 1.50 bits per heavy atom. The normalized spacial score (nSPS) is 14.3. The summed E-state index contributed by atoms with van der Waals surface area (Å²) in [5.41, 5.74) is 0.362. The van der Waals surface area contributed by atoms with Gasteiger partial charge in [-0.2, -0.15) is 0 Å². The molecule has 0 aromatic carbocycles. The van der Waals surface area contributed by atoms with E-state index >= 15 is 0 Å². The van der Waals surface area contributed by atoms with Crippen molar-refractivity contribution in [1.82, 2.24) is 5.32 Å². The fourth-order valence-corrected chi connectivity index (χ4v) is 1.19. The number of hydrogen-bond acceptors (Lipinski definition) is 2. The molecule has 0 aliphatic rings. The summed E-state index contributed by atoms with van der Waals surface area (Å²) in [5.74, 6) is 1.01. The minimum atomic E-state index is 0.302. The molecule has 1 rings (SSSR count). The summed E-state index contributed by atoms with van der Waals surface area (Å²) >= 11 is 0. The maximum absolute atomic E-state index is 5.33. The van der Waals surface area contributed by atoms with Gasteiger partial charge in [0.25, 0.3) is 0 Å². The first-order chi connectivity index (χ1) is 6.55. The van der Waals surface area contributed by atoms with Crippen LogP contribution in [-0.4, -0.2) is 6.54 Å². The van der Waals surface area contributed by atoms with E-state index in [4.69, 9.17) is 4.42 Å². The molecule has 80 valence electrons. The third-order valence-corrected chi connectivity index (χ3v) is 2.81. The Bertz CT molecular complexity index is 251. The summed E-state index contributed by atoms with van der Waals surface area (Å²) in [6.45, 7) is 9.92. The van der Waals surface area contributed by atoms with Crippen LogP contribution in [0.3, 0.4) is 0 Å². The summed E-state index contributed by atoms with van der Waals surface area (Å²) in [6, 6.07) is 4.24. The zero-order valence-corrected chi connectivity index (χ0v) is 9.63. The standard InChI is InChI=1S/C12H21NO/c1-5-12(3,4)9-13-10(2)11-7-6-8-14-11/h6-8,10,13H,5,9H2,1-4H3. The number of nitrogens with one attached hydrogen (secondary N) is 1. The number of furan rings is 1. The molecule has 1 aromatic rings. The van der Waals surface area contributed by atoms with Crippen molar-refractivity contribution >= 4 is 0 Å². The van der Waals surface area contributed by atoms with Gasteiger partial charge in [-0.3, -0.25) is 0 Å². The van der Waals surface area contributed by atoms with Crippen molar-refractivity contribution in [3.8, 4) is 0 Å².